The molecule has 0 saturated carbocycles. The molecule has 1 rings (SSSR count). The Morgan fingerprint density at radius 1 is 1.30 bits per heavy atom. The van der Waals surface area contributed by atoms with Crippen LogP contribution in [0.3, 0.4) is 0 Å². The van der Waals surface area contributed by atoms with Crippen LogP contribution in [-0.4, -0.2) is 37.2 Å². The van der Waals surface area contributed by atoms with E-state index in [9.17, 15) is 0 Å². The van der Waals surface area contributed by atoms with Gasteiger partial charge in [0.1, 0.15) is 5.01 Å². The van der Waals surface area contributed by atoms with Crippen molar-refractivity contribution in [2.45, 2.75) is 53.0 Å². The highest BCUT2D eigenvalue weighted by molar-refractivity contribution is 14.0. The van der Waals surface area contributed by atoms with Gasteiger partial charge in [-0.3, -0.25) is 0 Å². The van der Waals surface area contributed by atoms with E-state index in [0.717, 1.165) is 55.8 Å². The number of thiazole rings is 1. The molecule has 1 aromatic heterocycles. The van der Waals surface area contributed by atoms with Gasteiger partial charge in [-0.15, -0.1) is 35.3 Å². The van der Waals surface area contributed by atoms with Crippen molar-refractivity contribution in [1.29, 1.82) is 0 Å². The number of rotatable bonds is 10. The average Bonchev–Trinajstić information content (AvgIpc) is 2.97. The van der Waals surface area contributed by atoms with Crippen LogP contribution in [0.1, 0.15) is 57.2 Å². The fraction of sp³-hybridized carbons (Fsp3) is 0.750. The van der Waals surface area contributed by atoms with E-state index in [4.69, 9.17) is 4.74 Å². The summed E-state index contributed by atoms with van der Waals surface area (Å²) in [4.78, 5) is 9.21. The third kappa shape index (κ3) is 10.1. The van der Waals surface area contributed by atoms with Gasteiger partial charge in [0.2, 0.25) is 0 Å². The van der Waals surface area contributed by atoms with Crippen molar-refractivity contribution < 1.29 is 4.74 Å². The summed E-state index contributed by atoms with van der Waals surface area (Å²) in [6.45, 7) is 12.5. The molecular formula is C16H31IN4OS. The van der Waals surface area contributed by atoms with Gasteiger partial charge in [-0.25, -0.2) is 9.98 Å². The molecule has 7 heteroatoms. The van der Waals surface area contributed by atoms with Gasteiger partial charge in [0.15, 0.2) is 5.96 Å². The lowest BCUT2D eigenvalue weighted by molar-refractivity contribution is 0.143. The number of nitrogens with one attached hydrogen (secondary N) is 2. The normalized spacial score (nSPS) is 11.4. The molecule has 0 atom stereocenters. The molecule has 1 heterocycles. The van der Waals surface area contributed by atoms with Gasteiger partial charge in [-0.1, -0.05) is 13.8 Å². The van der Waals surface area contributed by atoms with Gasteiger partial charge in [0, 0.05) is 31.7 Å². The van der Waals surface area contributed by atoms with E-state index in [2.05, 4.69) is 46.8 Å². The maximum absolute atomic E-state index is 5.33. The zero-order chi connectivity index (χ0) is 16.2. The van der Waals surface area contributed by atoms with Gasteiger partial charge in [0.25, 0.3) is 0 Å². The summed E-state index contributed by atoms with van der Waals surface area (Å²) in [6, 6.07) is 0. The molecule has 23 heavy (non-hydrogen) atoms. The van der Waals surface area contributed by atoms with Gasteiger partial charge >= 0.3 is 0 Å². The Morgan fingerprint density at radius 3 is 2.70 bits per heavy atom. The molecule has 0 unspecified atom stereocenters. The van der Waals surface area contributed by atoms with Crippen molar-refractivity contribution >= 4 is 41.3 Å². The smallest absolute Gasteiger partial charge is 0.191 e. The van der Waals surface area contributed by atoms with Crippen LogP contribution in [0.15, 0.2) is 10.4 Å². The van der Waals surface area contributed by atoms with Crippen LogP contribution in [0.5, 0.6) is 0 Å². The Balaban J connectivity index is 0.00000484. The molecule has 1 aromatic rings. The van der Waals surface area contributed by atoms with Crippen LogP contribution < -0.4 is 10.6 Å². The SMILES string of the molecule is CCNC(=NCc1nc(C(C)C)cs1)NCCCCOCC.I. The summed E-state index contributed by atoms with van der Waals surface area (Å²) in [5.41, 5.74) is 1.16. The molecule has 0 fully saturated rings. The van der Waals surface area contributed by atoms with E-state index in [1.165, 1.54) is 0 Å². The number of ether oxygens (including phenoxy) is 1. The van der Waals surface area contributed by atoms with Crippen LogP contribution in [0.25, 0.3) is 0 Å². The molecule has 0 aliphatic rings. The lowest BCUT2D eigenvalue weighted by Gasteiger charge is -2.10. The molecule has 0 aliphatic heterocycles. The van der Waals surface area contributed by atoms with Crippen molar-refractivity contribution in [1.82, 2.24) is 15.6 Å². The van der Waals surface area contributed by atoms with Crippen LogP contribution in [-0.2, 0) is 11.3 Å². The van der Waals surface area contributed by atoms with Gasteiger partial charge in [0.05, 0.1) is 12.2 Å². The van der Waals surface area contributed by atoms with E-state index in [1.54, 1.807) is 11.3 Å². The Hall–Kier alpha value is -0.410. The summed E-state index contributed by atoms with van der Waals surface area (Å²) < 4.78 is 5.33. The highest BCUT2D eigenvalue weighted by Crippen LogP contribution is 2.18. The first-order chi connectivity index (χ1) is 10.7. The topological polar surface area (TPSA) is 58.5 Å². The Kier molecular flexibility index (Phi) is 13.7. The first kappa shape index (κ1) is 22.6. The summed E-state index contributed by atoms with van der Waals surface area (Å²) in [5, 5.41) is 9.82. The average molecular weight is 454 g/mol. The predicted molar refractivity (Wildman–Crippen MR) is 110 cm³/mol. The molecule has 0 spiro atoms. The maximum Gasteiger partial charge on any atom is 0.191 e. The summed E-state index contributed by atoms with van der Waals surface area (Å²) in [7, 11) is 0. The summed E-state index contributed by atoms with van der Waals surface area (Å²) in [6.07, 6.45) is 2.16. The first-order valence-corrected chi connectivity index (χ1v) is 9.09. The van der Waals surface area contributed by atoms with Crippen molar-refractivity contribution in [2.75, 3.05) is 26.3 Å². The van der Waals surface area contributed by atoms with Crippen molar-refractivity contribution in [3.05, 3.63) is 16.1 Å². The quantitative estimate of drug-likeness (QED) is 0.245. The molecule has 2 N–H and O–H groups in total. The third-order valence-electron chi connectivity index (χ3n) is 3.09. The Bertz CT molecular complexity index is 437. The number of halogens is 1. The molecular weight excluding hydrogens is 423 g/mol. The van der Waals surface area contributed by atoms with Crippen molar-refractivity contribution in [3.8, 4) is 0 Å². The minimum absolute atomic E-state index is 0. The number of aromatic nitrogens is 1. The lowest BCUT2D eigenvalue weighted by atomic mass is 10.2. The fourth-order valence-electron chi connectivity index (χ4n) is 1.83. The van der Waals surface area contributed by atoms with E-state index < -0.39 is 0 Å². The molecule has 0 amide bonds. The Labute approximate surface area is 161 Å². The molecule has 134 valence electrons. The standard InChI is InChI=1S/C16H30N4OS.HI/c1-5-17-16(18-9-7-8-10-21-6-2)19-11-15-20-14(12-22-15)13(3)4;/h12-13H,5-11H2,1-4H3,(H2,17,18,19);1H. The second-order valence-electron chi connectivity index (χ2n) is 5.35. The van der Waals surface area contributed by atoms with Gasteiger partial charge < -0.3 is 15.4 Å². The van der Waals surface area contributed by atoms with Crippen LogP contribution in [0.4, 0.5) is 0 Å². The highest BCUT2D eigenvalue weighted by Gasteiger charge is 2.05. The zero-order valence-corrected chi connectivity index (χ0v) is 17.9. The largest absolute Gasteiger partial charge is 0.382 e. The third-order valence-corrected chi connectivity index (χ3v) is 3.94. The van der Waals surface area contributed by atoms with E-state index >= 15 is 0 Å². The van der Waals surface area contributed by atoms with Gasteiger partial charge in [-0.2, -0.15) is 0 Å². The number of guanidine groups is 1. The number of hydrogen-bond donors (Lipinski definition) is 2. The summed E-state index contributed by atoms with van der Waals surface area (Å²) >= 11 is 1.69. The predicted octanol–water partition coefficient (Wildman–Crippen LogP) is 3.76. The minimum atomic E-state index is 0. The highest BCUT2D eigenvalue weighted by atomic mass is 127. The van der Waals surface area contributed by atoms with Crippen LogP contribution in [0, 0.1) is 0 Å². The molecule has 0 radical (unpaired) electrons. The van der Waals surface area contributed by atoms with Crippen molar-refractivity contribution in [3.63, 3.8) is 0 Å². The van der Waals surface area contributed by atoms with Crippen molar-refractivity contribution in [2.24, 2.45) is 4.99 Å². The minimum Gasteiger partial charge on any atom is -0.382 e. The number of hydrogen-bond acceptors (Lipinski definition) is 4. The molecule has 5 nitrogen and oxygen atoms in total. The second-order valence-corrected chi connectivity index (χ2v) is 6.29. The second kappa shape index (κ2) is 14.0. The van der Waals surface area contributed by atoms with E-state index in [0.29, 0.717) is 12.5 Å². The maximum atomic E-state index is 5.33. The number of unbranched alkanes of at least 4 members (excludes halogenated alkanes) is 1. The van der Waals surface area contributed by atoms with Gasteiger partial charge in [-0.05, 0) is 32.6 Å². The van der Waals surface area contributed by atoms with Crippen LogP contribution in [0.2, 0.25) is 0 Å². The first-order valence-electron chi connectivity index (χ1n) is 8.21. The number of nitrogens with zero attached hydrogens (tertiary/aromatic N) is 2. The zero-order valence-electron chi connectivity index (χ0n) is 14.7. The summed E-state index contributed by atoms with van der Waals surface area (Å²) in [5.74, 6) is 1.34. The van der Waals surface area contributed by atoms with E-state index in [1.807, 2.05) is 6.92 Å². The molecule has 0 aromatic carbocycles. The molecule has 0 bridgehead atoms. The Morgan fingerprint density at radius 2 is 2.09 bits per heavy atom. The molecule has 0 aliphatic carbocycles. The lowest BCUT2D eigenvalue weighted by Crippen LogP contribution is -2.37. The van der Waals surface area contributed by atoms with Crippen LogP contribution >= 0.6 is 35.3 Å². The molecule has 0 saturated heterocycles. The number of aliphatic imine (C=N–C) groups is 1. The monoisotopic (exact) mass is 454 g/mol. The fourth-order valence-corrected chi connectivity index (χ4v) is 2.71. The van der Waals surface area contributed by atoms with E-state index in [-0.39, 0.29) is 24.0 Å².